The molecule has 3 nitrogen and oxygen atoms in total. The molecule has 1 heterocycles. The zero-order chi connectivity index (χ0) is 14.8. The highest BCUT2D eigenvalue weighted by atomic mass is 35.5. The van der Waals surface area contributed by atoms with Gasteiger partial charge in [-0.25, -0.2) is 0 Å². The molecule has 2 aromatic carbocycles. The number of nitrogens with one attached hydrogen (secondary N) is 1. The maximum atomic E-state index is 12.4. The Bertz CT molecular complexity index is 780. The number of aromatic nitrogens is 1. The fourth-order valence-electron chi connectivity index (χ4n) is 2.39. The third-order valence-corrected chi connectivity index (χ3v) is 3.83. The van der Waals surface area contributed by atoms with Gasteiger partial charge in [0.1, 0.15) is 6.04 Å². The van der Waals surface area contributed by atoms with Gasteiger partial charge in [0.05, 0.1) is 10.5 Å². The first-order chi connectivity index (χ1) is 10.2. The van der Waals surface area contributed by atoms with E-state index in [1.165, 1.54) is 0 Å². The average Bonchev–Trinajstić information content (AvgIpc) is 2.93. The van der Waals surface area contributed by atoms with Crippen molar-refractivity contribution in [2.75, 3.05) is 5.32 Å². The Kier molecular flexibility index (Phi) is 3.67. The topological polar surface area (TPSA) is 34.0 Å². The van der Waals surface area contributed by atoms with Gasteiger partial charge in [-0.05, 0) is 31.2 Å². The number of rotatable bonds is 3. The highest BCUT2D eigenvalue weighted by Gasteiger charge is 2.17. The number of nitrogens with zero attached hydrogens (tertiary/aromatic N) is 1. The summed E-state index contributed by atoms with van der Waals surface area (Å²) in [7, 11) is 0. The summed E-state index contributed by atoms with van der Waals surface area (Å²) in [4.78, 5) is 12.4. The van der Waals surface area contributed by atoms with Crippen LogP contribution in [0.5, 0.6) is 0 Å². The highest BCUT2D eigenvalue weighted by Crippen LogP contribution is 2.27. The molecule has 0 saturated heterocycles. The number of hydrogen-bond donors (Lipinski definition) is 1. The van der Waals surface area contributed by atoms with Crippen molar-refractivity contribution in [2.24, 2.45) is 0 Å². The fraction of sp³-hybridized carbons (Fsp3) is 0.118. The highest BCUT2D eigenvalue weighted by molar-refractivity contribution is 6.35. The molecule has 0 radical (unpaired) electrons. The van der Waals surface area contributed by atoms with E-state index < -0.39 is 0 Å². The van der Waals surface area contributed by atoms with E-state index in [0.717, 1.165) is 16.6 Å². The van der Waals surface area contributed by atoms with Gasteiger partial charge in [0.15, 0.2) is 0 Å². The van der Waals surface area contributed by atoms with Gasteiger partial charge in [-0.15, -0.1) is 0 Å². The second-order valence-corrected chi connectivity index (χ2v) is 5.34. The molecule has 0 aliphatic heterocycles. The second-order valence-electron chi connectivity index (χ2n) is 4.93. The molecule has 0 fully saturated rings. The molecule has 1 amide bonds. The summed E-state index contributed by atoms with van der Waals surface area (Å²) >= 11 is 6.26. The van der Waals surface area contributed by atoms with Crippen LogP contribution in [0.15, 0.2) is 60.8 Å². The molecule has 1 N–H and O–H groups in total. The van der Waals surface area contributed by atoms with Gasteiger partial charge in [0.2, 0.25) is 5.91 Å². The van der Waals surface area contributed by atoms with Crippen molar-refractivity contribution in [3.63, 3.8) is 0 Å². The molecule has 1 aromatic heterocycles. The number of fused-ring (bicyclic) bond motifs is 1. The Labute approximate surface area is 128 Å². The van der Waals surface area contributed by atoms with Crippen LogP contribution < -0.4 is 5.32 Å². The van der Waals surface area contributed by atoms with Crippen molar-refractivity contribution in [3.8, 4) is 0 Å². The summed E-state index contributed by atoms with van der Waals surface area (Å²) in [6.07, 6.45) is 1.89. The molecule has 1 unspecified atom stereocenters. The van der Waals surface area contributed by atoms with Crippen molar-refractivity contribution in [1.82, 2.24) is 4.57 Å². The van der Waals surface area contributed by atoms with Crippen LogP contribution in [0, 0.1) is 0 Å². The molecule has 4 heteroatoms. The molecule has 0 aliphatic rings. The number of hydrogen-bond acceptors (Lipinski definition) is 1. The van der Waals surface area contributed by atoms with E-state index in [1.807, 2.05) is 72.3 Å². The van der Waals surface area contributed by atoms with Crippen molar-refractivity contribution in [3.05, 3.63) is 65.8 Å². The lowest BCUT2D eigenvalue weighted by molar-refractivity contribution is -0.118. The average molecular weight is 299 g/mol. The standard InChI is InChI=1S/C17H15ClN2O/c1-12(17(21)19-14-7-3-2-4-8-14)20-11-10-13-6-5-9-15(18)16(13)20/h2-12H,1H3,(H,19,21). The van der Waals surface area contributed by atoms with Crippen LogP contribution in [0.25, 0.3) is 10.9 Å². The number of amides is 1. The smallest absolute Gasteiger partial charge is 0.247 e. The molecule has 21 heavy (non-hydrogen) atoms. The summed E-state index contributed by atoms with van der Waals surface area (Å²) in [5, 5.41) is 4.59. The summed E-state index contributed by atoms with van der Waals surface area (Å²) in [5.41, 5.74) is 1.67. The zero-order valence-corrected chi connectivity index (χ0v) is 12.3. The van der Waals surface area contributed by atoms with Crippen LogP contribution >= 0.6 is 11.6 Å². The van der Waals surface area contributed by atoms with E-state index in [-0.39, 0.29) is 11.9 Å². The molecular weight excluding hydrogens is 284 g/mol. The molecule has 3 rings (SSSR count). The summed E-state index contributed by atoms with van der Waals surface area (Å²) < 4.78 is 1.90. The fourth-order valence-corrected chi connectivity index (χ4v) is 2.67. The molecule has 1 atom stereocenters. The third kappa shape index (κ3) is 2.65. The Morgan fingerprint density at radius 1 is 1.10 bits per heavy atom. The minimum atomic E-state index is -0.345. The summed E-state index contributed by atoms with van der Waals surface area (Å²) in [5.74, 6) is -0.0707. The monoisotopic (exact) mass is 298 g/mol. The van der Waals surface area contributed by atoms with Crippen molar-refractivity contribution in [1.29, 1.82) is 0 Å². The van der Waals surface area contributed by atoms with E-state index >= 15 is 0 Å². The largest absolute Gasteiger partial charge is 0.334 e. The first-order valence-corrected chi connectivity index (χ1v) is 7.15. The Morgan fingerprint density at radius 3 is 2.62 bits per heavy atom. The lowest BCUT2D eigenvalue weighted by atomic mass is 10.2. The summed E-state index contributed by atoms with van der Waals surface area (Å²) in [6.45, 7) is 1.86. The van der Waals surface area contributed by atoms with E-state index in [2.05, 4.69) is 5.32 Å². The van der Waals surface area contributed by atoms with Crippen molar-refractivity contribution < 1.29 is 4.79 Å². The minimum Gasteiger partial charge on any atom is -0.334 e. The van der Waals surface area contributed by atoms with Gasteiger partial charge in [-0.3, -0.25) is 4.79 Å². The van der Waals surface area contributed by atoms with Crippen LogP contribution in [-0.4, -0.2) is 10.5 Å². The van der Waals surface area contributed by atoms with Gasteiger partial charge >= 0.3 is 0 Å². The second kappa shape index (κ2) is 5.62. The predicted octanol–water partition coefficient (Wildman–Crippen LogP) is 4.49. The van der Waals surface area contributed by atoms with Crippen LogP contribution in [0.4, 0.5) is 5.69 Å². The number of benzene rings is 2. The van der Waals surface area contributed by atoms with Crippen LogP contribution in [0.3, 0.4) is 0 Å². The first kappa shape index (κ1) is 13.7. The van der Waals surface area contributed by atoms with Gasteiger partial charge in [0.25, 0.3) is 0 Å². The van der Waals surface area contributed by atoms with Gasteiger partial charge in [-0.2, -0.15) is 0 Å². The SMILES string of the molecule is CC(C(=O)Nc1ccccc1)n1ccc2cccc(Cl)c21. The zero-order valence-electron chi connectivity index (χ0n) is 11.6. The Balaban J connectivity index is 1.90. The minimum absolute atomic E-state index is 0.0707. The van der Waals surface area contributed by atoms with Crippen molar-refractivity contribution >= 4 is 34.1 Å². The number of halogens is 1. The van der Waals surface area contributed by atoms with Gasteiger partial charge < -0.3 is 9.88 Å². The van der Waals surface area contributed by atoms with E-state index in [9.17, 15) is 4.79 Å². The quantitative estimate of drug-likeness (QED) is 0.759. The summed E-state index contributed by atoms with van der Waals surface area (Å²) in [6, 6.07) is 16.8. The predicted molar refractivity (Wildman–Crippen MR) is 86.7 cm³/mol. The van der Waals surface area contributed by atoms with Crippen LogP contribution in [0.1, 0.15) is 13.0 Å². The van der Waals surface area contributed by atoms with Crippen LogP contribution in [-0.2, 0) is 4.79 Å². The molecule has 106 valence electrons. The third-order valence-electron chi connectivity index (χ3n) is 3.53. The lowest BCUT2D eigenvalue weighted by Gasteiger charge is -2.16. The van der Waals surface area contributed by atoms with Crippen molar-refractivity contribution in [2.45, 2.75) is 13.0 Å². The van der Waals surface area contributed by atoms with Gasteiger partial charge in [-0.1, -0.05) is 41.9 Å². The Morgan fingerprint density at radius 2 is 1.86 bits per heavy atom. The Hall–Kier alpha value is -2.26. The maximum absolute atomic E-state index is 12.4. The van der Waals surface area contributed by atoms with E-state index in [4.69, 9.17) is 11.6 Å². The molecule has 0 spiro atoms. The lowest BCUT2D eigenvalue weighted by Crippen LogP contribution is -2.23. The first-order valence-electron chi connectivity index (χ1n) is 6.78. The normalized spacial score (nSPS) is 12.3. The van der Waals surface area contributed by atoms with Gasteiger partial charge in [0, 0.05) is 17.3 Å². The van der Waals surface area contributed by atoms with E-state index in [0.29, 0.717) is 5.02 Å². The number of carbonyl (C=O) groups excluding carboxylic acids is 1. The maximum Gasteiger partial charge on any atom is 0.247 e. The number of carbonyl (C=O) groups is 1. The molecule has 0 saturated carbocycles. The molecule has 0 aliphatic carbocycles. The molecular formula is C17H15ClN2O. The number of para-hydroxylation sites is 2. The molecule has 3 aromatic rings. The van der Waals surface area contributed by atoms with E-state index in [1.54, 1.807) is 0 Å². The molecule has 0 bridgehead atoms. The van der Waals surface area contributed by atoms with Crippen LogP contribution in [0.2, 0.25) is 5.02 Å². The number of anilines is 1.